The van der Waals surface area contributed by atoms with Crippen molar-refractivity contribution in [3.8, 4) is 0 Å². The number of benzene rings is 1. The number of hydrogen-bond acceptors (Lipinski definition) is 3. The minimum atomic E-state index is -0.279. The molecule has 0 aliphatic rings. The zero-order valence-electron chi connectivity index (χ0n) is 10.9. The van der Waals surface area contributed by atoms with Gasteiger partial charge in [0.25, 0.3) is 11.8 Å². The van der Waals surface area contributed by atoms with E-state index in [0.29, 0.717) is 29.6 Å². The highest BCUT2D eigenvalue weighted by atomic mass is 16.2. The SMILES string of the molecule is CCNC(=O)c1cc(CNC=O)cc(C(=O)NC)c1. The van der Waals surface area contributed by atoms with E-state index >= 15 is 0 Å². The van der Waals surface area contributed by atoms with Crippen molar-refractivity contribution < 1.29 is 14.4 Å². The number of rotatable bonds is 6. The third kappa shape index (κ3) is 4.09. The largest absolute Gasteiger partial charge is 0.355 e. The van der Waals surface area contributed by atoms with Gasteiger partial charge in [0, 0.05) is 31.3 Å². The van der Waals surface area contributed by atoms with Crippen LogP contribution in [0.4, 0.5) is 0 Å². The number of nitrogens with one attached hydrogen (secondary N) is 3. The van der Waals surface area contributed by atoms with Gasteiger partial charge in [-0.05, 0) is 30.7 Å². The van der Waals surface area contributed by atoms with Crippen molar-refractivity contribution in [2.45, 2.75) is 13.5 Å². The molecule has 0 unspecified atom stereocenters. The summed E-state index contributed by atoms with van der Waals surface area (Å²) in [4.78, 5) is 33.7. The van der Waals surface area contributed by atoms with Gasteiger partial charge < -0.3 is 16.0 Å². The summed E-state index contributed by atoms with van der Waals surface area (Å²) < 4.78 is 0. The number of carbonyl (C=O) groups is 3. The molecule has 6 nitrogen and oxygen atoms in total. The average Bonchev–Trinajstić information content (AvgIpc) is 2.44. The summed E-state index contributed by atoms with van der Waals surface area (Å²) in [5.41, 5.74) is 1.47. The Morgan fingerprint density at radius 2 is 1.79 bits per heavy atom. The fourth-order valence-electron chi connectivity index (χ4n) is 1.62. The highest BCUT2D eigenvalue weighted by molar-refractivity contribution is 5.99. The van der Waals surface area contributed by atoms with E-state index in [1.165, 1.54) is 13.1 Å². The second-order valence-corrected chi connectivity index (χ2v) is 3.86. The van der Waals surface area contributed by atoms with Crippen LogP contribution in [-0.4, -0.2) is 31.8 Å². The van der Waals surface area contributed by atoms with Gasteiger partial charge in [0.15, 0.2) is 0 Å². The van der Waals surface area contributed by atoms with Gasteiger partial charge >= 0.3 is 0 Å². The summed E-state index contributed by atoms with van der Waals surface area (Å²) in [5, 5.41) is 7.67. The quantitative estimate of drug-likeness (QED) is 0.633. The number of hydrogen-bond donors (Lipinski definition) is 3. The van der Waals surface area contributed by atoms with Crippen molar-refractivity contribution in [1.29, 1.82) is 0 Å². The zero-order chi connectivity index (χ0) is 14.3. The van der Waals surface area contributed by atoms with Crippen LogP contribution in [0.1, 0.15) is 33.2 Å². The Balaban J connectivity index is 3.11. The van der Waals surface area contributed by atoms with E-state index in [1.54, 1.807) is 12.1 Å². The van der Waals surface area contributed by atoms with E-state index < -0.39 is 0 Å². The second-order valence-electron chi connectivity index (χ2n) is 3.86. The predicted octanol–water partition coefficient (Wildman–Crippen LogP) is 0.0419. The summed E-state index contributed by atoms with van der Waals surface area (Å²) in [6, 6.07) is 4.81. The summed E-state index contributed by atoms with van der Waals surface area (Å²) in [6.45, 7) is 2.58. The molecule has 1 rings (SSSR count). The fourth-order valence-corrected chi connectivity index (χ4v) is 1.62. The van der Waals surface area contributed by atoms with Crippen LogP contribution in [-0.2, 0) is 11.3 Å². The molecule has 0 aliphatic heterocycles. The summed E-state index contributed by atoms with van der Waals surface area (Å²) in [6.07, 6.45) is 0.568. The number of carbonyl (C=O) groups excluding carboxylic acids is 3. The molecule has 102 valence electrons. The first kappa shape index (κ1) is 14.7. The first-order valence-corrected chi connectivity index (χ1v) is 5.93. The molecule has 0 saturated heterocycles. The first-order chi connectivity index (χ1) is 9.12. The molecule has 0 aliphatic carbocycles. The lowest BCUT2D eigenvalue weighted by molar-refractivity contribution is -0.109. The van der Waals surface area contributed by atoms with Gasteiger partial charge in [-0.2, -0.15) is 0 Å². The smallest absolute Gasteiger partial charge is 0.251 e. The molecule has 0 spiro atoms. The lowest BCUT2D eigenvalue weighted by Gasteiger charge is -2.09. The van der Waals surface area contributed by atoms with Crippen molar-refractivity contribution in [3.63, 3.8) is 0 Å². The Bertz CT molecular complexity index is 486. The summed E-state index contributed by atoms with van der Waals surface area (Å²) in [7, 11) is 1.52. The maximum Gasteiger partial charge on any atom is 0.251 e. The molecule has 6 heteroatoms. The third-order valence-corrected chi connectivity index (χ3v) is 2.47. The Morgan fingerprint density at radius 3 is 2.32 bits per heavy atom. The molecule has 0 atom stereocenters. The van der Waals surface area contributed by atoms with Crippen molar-refractivity contribution in [1.82, 2.24) is 16.0 Å². The molecule has 0 bridgehead atoms. The van der Waals surface area contributed by atoms with E-state index in [0.717, 1.165) is 0 Å². The third-order valence-electron chi connectivity index (χ3n) is 2.47. The second kappa shape index (κ2) is 7.15. The Labute approximate surface area is 111 Å². The standard InChI is InChI=1S/C13H17N3O3/c1-3-16-13(19)11-5-9(7-15-8-17)4-10(6-11)12(18)14-2/h4-6,8H,3,7H2,1-2H3,(H,14,18)(H,15,17)(H,16,19). The normalized spacial score (nSPS) is 9.58. The first-order valence-electron chi connectivity index (χ1n) is 5.93. The molecule has 1 aromatic carbocycles. The minimum Gasteiger partial charge on any atom is -0.355 e. The van der Waals surface area contributed by atoms with Crippen LogP contribution in [0.2, 0.25) is 0 Å². The number of amides is 3. The van der Waals surface area contributed by atoms with Crippen LogP contribution >= 0.6 is 0 Å². The maximum absolute atomic E-state index is 11.8. The van der Waals surface area contributed by atoms with Gasteiger partial charge in [-0.15, -0.1) is 0 Å². The highest BCUT2D eigenvalue weighted by Gasteiger charge is 2.11. The Kier molecular flexibility index (Phi) is 5.53. The zero-order valence-corrected chi connectivity index (χ0v) is 10.9. The topological polar surface area (TPSA) is 87.3 Å². The van der Waals surface area contributed by atoms with Crippen LogP contribution in [0.5, 0.6) is 0 Å². The molecule has 3 N–H and O–H groups in total. The van der Waals surface area contributed by atoms with Crippen molar-refractivity contribution >= 4 is 18.2 Å². The van der Waals surface area contributed by atoms with Crippen LogP contribution in [0.25, 0.3) is 0 Å². The van der Waals surface area contributed by atoms with Crippen LogP contribution < -0.4 is 16.0 Å². The molecule has 1 aromatic rings. The van der Waals surface area contributed by atoms with E-state index in [4.69, 9.17) is 0 Å². The van der Waals surface area contributed by atoms with E-state index in [-0.39, 0.29) is 18.4 Å². The van der Waals surface area contributed by atoms with Crippen molar-refractivity contribution in [2.75, 3.05) is 13.6 Å². The maximum atomic E-state index is 11.8. The molecule has 0 saturated carbocycles. The van der Waals surface area contributed by atoms with Crippen LogP contribution in [0, 0.1) is 0 Å². The average molecular weight is 263 g/mol. The van der Waals surface area contributed by atoms with Crippen molar-refractivity contribution in [2.24, 2.45) is 0 Å². The van der Waals surface area contributed by atoms with Gasteiger partial charge in [0.2, 0.25) is 6.41 Å². The molecular weight excluding hydrogens is 246 g/mol. The van der Waals surface area contributed by atoms with Gasteiger partial charge in [-0.3, -0.25) is 14.4 Å². The summed E-state index contributed by atoms with van der Waals surface area (Å²) in [5.74, 6) is -0.529. The molecule has 0 radical (unpaired) electrons. The van der Waals surface area contributed by atoms with Gasteiger partial charge in [-0.25, -0.2) is 0 Å². The fraction of sp³-hybridized carbons (Fsp3) is 0.308. The van der Waals surface area contributed by atoms with Gasteiger partial charge in [0.1, 0.15) is 0 Å². The van der Waals surface area contributed by atoms with E-state index in [9.17, 15) is 14.4 Å². The monoisotopic (exact) mass is 263 g/mol. The van der Waals surface area contributed by atoms with E-state index in [1.807, 2.05) is 6.92 Å². The van der Waals surface area contributed by atoms with Crippen LogP contribution in [0.15, 0.2) is 18.2 Å². The molecule has 0 heterocycles. The molecular formula is C13H17N3O3. The lowest BCUT2D eigenvalue weighted by Crippen LogP contribution is -2.25. The molecule has 0 fully saturated rings. The molecule has 0 aromatic heterocycles. The predicted molar refractivity (Wildman–Crippen MR) is 70.7 cm³/mol. The minimum absolute atomic E-state index is 0.249. The lowest BCUT2D eigenvalue weighted by atomic mass is 10.0. The summed E-state index contributed by atoms with van der Waals surface area (Å²) >= 11 is 0. The van der Waals surface area contributed by atoms with Crippen molar-refractivity contribution in [3.05, 3.63) is 34.9 Å². The Morgan fingerprint density at radius 1 is 1.16 bits per heavy atom. The van der Waals surface area contributed by atoms with Gasteiger partial charge in [-0.1, -0.05) is 0 Å². The Hall–Kier alpha value is -2.37. The molecule has 19 heavy (non-hydrogen) atoms. The highest BCUT2D eigenvalue weighted by Crippen LogP contribution is 2.11. The van der Waals surface area contributed by atoms with Gasteiger partial charge in [0.05, 0.1) is 0 Å². The van der Waals surface area contributed by atoms with E-state index in [2.05, 4.69) is 16.0 Å². The van der Waals surface area contributed by atoms with Crippen LogP contribution in [0.3, 0.4) is 0 Å². The molecule has 3 amide bonds.